The molecular weight excluding hydrogens is 302 g/mol. The number of amides is 1. The third-order valence-electron chi connectivity index (χ3n) is 3.93. The Morgan fingerprint density at radius 1 is 1.21 bits per heavy atom. The van der Waals surface area contributed by atoms with Crippen LogP contribution in [0.4, 0.5) is 5.69 Å². The van der Waals surface area contributed by atoms with E-state index in [1.165, 1.54) is 0 Å². The van der Waals surface area contributed by atoms with Gasteiger partial charge in [-0.15, -0.1) is 0 Å². The average molecular weight is 323 g/mol. The minimum absolute atomic E-state index is 0.167. The zero-order valence-electron chi connectivity index (χ0n) is 14.4. The highest BCUT2D eigenvalue weighted by Gasteiger charge is 2.15. The van der Waals surface area contributed by atoms with Gasteiger partial charge in [0, 0.05) is 37.7 Å². The Hall–Kier alpha value is -2.89. The summed E-state index contributed by atoms with van der Waals surface area (Å²) in [5.41, 5.74) is 5.08. The van der Waals surface area contributed by atoms with Crippen molar-refractivity contribution in [3.63, 3.8) is 0 Å². The summed E-state index contributed by atoms with van der Waals surface area (Å²) in [7, 11) is 4.00. The molecule has 0 saturated heterocycles. The fourth-order valence-corrected chi connectivity index (χ4v) is 2.62. The van der Waals surface area contributed by atoms with E-state index in [9.17, 15) is 4.79 Å². The average Bonchev–Trinajstić information content (AvgIpc) is 2.97. The first-order valence-corrected chi connectivity index (χ1v) is 7.82. The second kappa shape index (κ2) is 6.31. The van der Waals surface area contributed by atoms with Gasteiger partial charge in [-0.1, -0.05) is 12.1 Å². The topological polar surface area (TPSA) is 62.5 Å². The van der Waals surface area contributed by atoms with Crippen LogP contribution < -0.4 is 10.2 Å². The van der Waals surface area contributed by atoms with Gasteiger partial charge in [-0.2, -0.15) is 5.10 Å². The quantitative estimate of drug-likeness (QED) is 0.800. The molecule has 6 heteroatoms. The molecule has 0 bridgehead atoms. The molecule has 0 atom stereocenters. The van der Waals surface area contributed by atoms with Crippen molar-refractivity contribution in [1.82, 2.24) is 19.9 Å². The number of benzene rings is 1. The van der Waals surface area contributed by atoms with Crippen LogP contribution in [-0.4, -0.2) is 34.6 Å². The molecule has 0 fully saturated rings. The highest BCUT2D eigenvalue weighted by atomic mass is 16.1. The van der Waals surface area contributed by atoms with Crippen LogP contribution in [0.2, 0.25) is 0 Å². The van der Waals surface area contributed by atoms with Gasteiger partial charge in [0.2, 0.25) is 0 Å². The van der Waals surface area contributed by atoms with E-state index in [1.54, 1.807) is 10.7 Å². The van der Waals surface area contributed by atoms with E-state index in [2.05, 4.69) is 15.4 Å². The Balaban J connectivity index is 1.76. The number of aryl methyl sites for hydroxylation is 2. The molecule has 6 nitrogen and oxygen atoms in total. The van der Waals surface area contributed by atoms with Crippen molar-refractivity contribution in [2.24, 2.45) is 0 Å². The first-order valence-electron chi connectivity index (χ1n) is 7.82. The number of carbonyl (C=O) groups is 1. The van der Waals surface area contributed by atoms with E-state index < -0.39 is 0 Å². The highest BCUT2D eigenvalue weighted by Crippen LogP contribution is 2.14. The van der Waals surface area contributed by atoms with E-state index in [0.717, 1.165) is 22.6 Å². The number of fused-ring (bicyclic) bond motifs is 1. The molecule has 0 radical (unpaired) electrons. The van der Waals surface area contributed by atoms with Gasteiger partial charge in [-0.3, -0.25) is 4.79 Å². The molecule has 2 aromatic heterocycles. The number of hydrogen-bond donors (Lipinski definition) is 1. The van der Waals surface area contributed by atoms with Crippen LogP contribution in [0.25, 0.3) is 5.65 Å². The first-order chi connectivity index (χ1) is 11.5. The maximum absolute atomic E-state index is 12.5. The van der Waals surface area contributed by atoms with Gasteiger partial charge in [0.1, 0.15) is 5.56 Å². The molecule has 2 heterocycles. The number of carbonyl (C=O) groups excluding carboxylic acids is 1. The van der Waals surface area contributed by atoms with E-state index in [4.69, 9.17) is 0 Å². The zero-order chi connectivity index (χ0) is 17.3. The van der Waals surface area contributed by atoms with Gasteiger partial charge in [-0.05, 0) is 37.6 Å². The van der Waals surface area contributed by atoms with Crippen LogP contribution >= 0.6 is 0 Å². The summed E-state index contributed by atoms with van der Waals surface area (Å²) in [4.78, 5) is 19.0. The number of nitrogens with zero attached hydrogens (tertiary/aromatic N) is 4. The molecule has 1 aromatic carbocycles. The summed E-state index contributed by atoms with van der Waals surface area (Å²) in [6.45, 7) is 4.32. The fourth-order valence-electron chi connectivity index (χ4n) is 2.62. The van der Waals surface area contributed by atoms with Gasteiger partial charge in [-0.25, -0.2) is 9.50 Å². The molecule has 0 aliphatic rings. The van der Waals surface area contributed by atoms with Crippen molar-refractivity contribution in [2.45, 2.75) is 20.4 Å². The summed E-state index contributed by atoms with van der Waals surface area (Å²) in [6, 6.07) is 10.0. The lowest BCUT2D eigenvalue weighted by Crippen LogP contribution is -2.23. The second-order valence-electron chi connectivity index (χ2n) is 6.08. The lowest BCUT2D eigenvalue weighted by molar-refractivity contribution is 0.0952. The van der Waals surface area contributed by atoms with Crippen LogP contribution in [0.1, 0.15) is 27.3 Å². The Morgan fingerprint density at radius 2 is 1.92 bits per heavy atom. The SMILES string of the molecule is Cc1cc(C)n2ncc(C(=O)NCc3ccc(N(C)C)cc3)c2n1. The predicted molar refractivity (Wildman–Crippen MR) is 94.4 cm³/mol. The molecule has 124 valence electrons. The van der Waals surface area contributed by atoms with Crippen LogP contribution in [0.15, 0.2) is 36.5 Å². The van der Waals surface area contributed by atoms with Crippen molar-refractivity contribution in [3.05, 3.63) is 59.0 Å². The summed E-state index contributed by atoms with van der Waals surface area (Å²) in [6.07, 6.45) is 1.57. The van der Waals surface area contributed by atoms with Crippen LogP contribution in [0.5, 0.6) is 0 Å². The lowest BCUT2D eigenvalue weighted by atomic mass is 10.2. The molecule has 24 heavy (non-hydrogen) atoms. The molecule has 0 unspecified atom stereocenters. The maximum Gasteiger partial charge on any atom is 0.257 e. The minimum atomic E-state index is -0.167. The largest absolute Gasteiger partial charge is 0.378 e. The monoisotopic (exact) mass is 323 g/mol. The number of hydrogen-bond acceptors (Lipinski definition) is 4. The Bertz CT molecular complexity index is 880. The molecule has 3 rings (SSSR count). The minimum Gasteiger partial charge on any atom is -0.378 e. The van der Waals surface area contributed by atoms with Crippen LogP contribution in [-0.2, 0) is 6.54 Å². The maximum atomic E-state index is 12.5. The fraction of sp³-hybridized carbons (Fsp3) is 0.278. The van der Waals surface area contributed by atoms with Crippen molar-refractivity contribution < 1.29 is 4.79 Å². The molecular formula is C18H21N5O. The smallest absolute Gasteiger partial charge is 0.257 e. The molecule has 3 aromatic rings. The van der Waals surface area contributed by atoms with Gasteiger partial charge in [0.05, 0.1) is 6.20 Å². The molecule has 1 N–H and O–H groups in total. The zero-order valence-corrected chi connectivity index (χ0v) is 14.4. The summed E-state index contributed by atoms with van der Waals surface area (Å²) in [5.74, 6) is -0.167. The Labute approximate surface area is 141 Å². The summed E-state index contributed by atoms with van der Waals surface area (Å²) < 4.78 is 1.69. The predicted octanol–water partition coefficient (Wildman–Crippen LogP) is 2.34. The number of anilines is 1. The summed E-state index contributed by atoms with van der Waals surface area (Å²) >= 11 is 0. The third-order valence-corrected chi connectivity index (χ3v) is 3.93. The summed E-state index contributed by atoms with van der Waals surface area (Å²) in [5, 5.41) is 7.19. The highest BCUT2D eigenvalue weighted by molar-refractivity contribution is 5.99. The van der Waals surface area contributed by atoms with Gasteiger partial charge in [0.25, 0.3) is 5.91 Å². The second-order valence-corrected chi connectivity index (χ2v) is 6.08. The van der Waals surface area contributed by atoms with E-state index >= 15 is 0 Å². The third kappa shape index (κ3) is 3.08. The standard InChI is InChI=1S/C18H21N5O/c1-12-9-13(2)23-17(21-12)16(11-20-23)18(24)19-10-14-5-7-15(8-6-14)22(3)4/h5-9,11H,10H2,1-4H3,(H,19,24). The first kappa shape index (κ1) is 16.0. The van der Waals surface area contributed by atoms with Crippen LogP contribution in [0, 0.1) is 13.8 Å². The number of nitrogens with one attached hydrogen (secondary N) is 1. The molecule has 0 saturated carbocycles. The molecule has 0 aliphatic heterocycles. The van der Waals surface area contributed by atoms with Crippen molar-refractivity contribution in [2.75, 3.05) is 19.0 Å². The van der Waals surface area contributed by atoms with Gasteiger partial charge in [0.15, 0.2) is 5.65 Å². The lowest BCUT2D eigenvalue weighted by Gasteiger charge is -2.12. The molecule has 1 amide bonds. The Morgan fingerprint density at radius 3 is 2.58 bits per heavy atom. The normalized spacial score (nSPS) is 10.8. The van der Waals surface area contributed by atoms with E-state index in [-0.39, 0.29) is 5.91 Å². The number of rotatable bonds is 4. The van der Waals surface area contributed by atoms with Gasteiger partial charge < -0.3 is 10.2 Å². The van der Waals surface area contributed by atoms with Crippen molar-refractivity contribution >= 4 is 17.2 Å². The van der Waals surface area contributed by atoms with Crippen LogP contribution in [0.3, 0.4) is 0 Å². The Kier molecular flexibility index (Phi) is 4.20. The molecule has 0 aliphatic carbocycles. The molecule has 0 spiro atoms. The van der Waals surface area contributed by atoms with E-state index in [0.29, 0.717) is 17.8 Å². The van der Waals surface area contributed by atoms with Crippen molar-refractivity contribution in [3.8, 4) is 0 Å². The van der Waals surface area contributed by atoms with E-state index in [1.807, 2.05) is 63.2 Å². The van der Waals surface area contributed by atoms with Gasteiger partial charge >= 0.3 is 0 Å². The number of aromatic nitrogens is 3. The van der Waals surface area contributed by atoms with Crippen molar-refractivity contribution in [1.29, 1.82) is 0 Å².